The summed E-state index contributed by atoms with van der Waals surface area (Å²) in [5.41, 5.74) is 0.889. The molecule has 9 heteroatoms. The van der Waals surface area contributed by atoms with E-state index in [0.29, 0.717) is 16.3 Å². The van der Waals surface area contributed by atoms with Gasteiger partial charge >= 0.3 is 0 Å². The SMILES string of the molecule is CCS(=O)(=O)C1CSCCN1C(=O)Cc1sc(=S)[nH]c1C. The summed E-state index contributed by atoms with van der Waals surface area (Å²) in [7, 11) is -3.25. The van der Waals surface area contributed by atoms with Gasteiger partial charge in [-0.15, -0.1) is 11.3 Å². The monoisotopic (exact) mass is 366 g/mol. The minimum Gasteiger partial charge on any atom is -0.341 e. The largest absolute Gasteiger partial charge is 0.341 e. The molecule has 1 saturated heterocycles. The van der Waals surface area contributed by atoms with Gasteiger partial charge in [0, 0.05) is 34.4 Å². The normalized spacial score (nSPS) is 19.7. The Labute approximate surface area is 138 Å². The maximum atomic E-state index is 12.5. The summed E-state index contributed by atoms with van der Waals surface area (Å²) in [4.78, 5) is 17.9. The van der Waals surface area contributed by atoms with Crippen molar-refractivity contribution >= 4 is 51.1 Å². The van der Waals surface area contributed by atoms with Crippen LogP contribution in [0.1, 0.15) is 17.5 Å². The molecule has 1 aliphatic rings. The molecule has 1 aliphatic heterocycles. The molecule has 21 heavy (non-hydrogen) atoms. The Morgan fingerprint density at radius 3 is 2.81 bits per heavy atom. The molecule has 0 radical (unpaired) electrons. The second-order valence-electron chi connectivity index (χ2n) is 4.81. The highest BCUT2D eigenvalue weighted by Gasteiger charge is 2.35. The number of hydrogen-bond donors (Lipinski definition) is 1. The van der Waals surface area contributed by atoms with Gasteiger partial charge in [0.15, 0.2) is 13.8 Å². The van der Waals surface area contributed by atoms with Gasteiger partial charge in [-0.3, -0.25) is 4.79 Å². The Morgan fingerprint density at radius 1 is 1.52 bits per heavy atom. The zero-order valence-corrected chi connectivity index (χ0v) is 15.2. The van der Waals surface area contributed by atoms with Crippen LogP contribution in [0.2, 0.25) is 0 Å². The lowest BCUT2D eigenvalue weighted by atomic mass is 10.2. The molecular formula is C12H18N2O3S4. The number of hydrogen-bond acceptors (Lipinski definition) is 6. The van der Waals surface area contributed by atoms with Gasteiger partial charge in [-0.25, -0.2) is 8.42 Å². The van der Waals surface area contributed by atoms with Crippen molar-refractivity contribution in [3.63, 3.8) is 0 Å². The third-order valence-electron chi connectivity index (χ3n) is 3.46. The Balaban J connectivity index is 2.19. The molecule has 0 spiro atoms. The van der Waals surface area contributed by atoms with Crippen LogP contribution < -0.4 is 0 Å². The lowest BCUT2D eigenvalue weighted by molar-refractivity contribution is -0.130. The van der Waals surface area contributed by atoms with Gasteiger partial charge in [0.25, 0.3) is 0 Å². The topological polar surface area (TPSA) is 70.2 Å². The smallest absolute Gasteiger partial charge is 0.229 e. The molecule has 1 aromatic heterocycles. The summed E-state index contributed by atoms with van der Waals surface area (Å²) in [5.74, 6) is 1.17. The third-order valence-corrected chi connectivity index (χ3v) is 8.08. The first kappa shape index (κ1) is 17.0. The van der Waals surface area contributed by atoms with Gasteiger partial charge < -0.3 is 9.88 Å². The highest BCUT2D eigenvalue weighted by molar-refractivity contribution is 8.01. The number of carbonyl (C=O) groups is 1. The summed E-state index contributed by atoms with van der Waals surface area (Å²) in [6.07, 6.45) is 0.212. The van der Waals surface area contributed by atoms with Crippen molar-refractivity contribution < 1.29 is 13.2 Å². The van der Waals surface area contributed by atoms with E-state index < -0.39 is 15.2 Å². The number of aromatic nitrogens is 1. The zero-order chi connectivity index (χ0) is 15.6. The molecule has 0 aromatic carbocycles. The average molecular weight is 367 g/mol. The summed E-state index contributed by atoms with van der Waals surface area (Å²) >= 11 is 8.03. The van der Waals surface area contributed by atoms with Crippen LogP contribution in [0.4, 0.5) is 0 Å². The Kier molecular flexibility index (Phi) is 5.50. The molecule has 1 fully saturated rings. The summed E-state index contributed by atoms with van der Waals surface area (Å²) in [5, 5.41) is -0.694. The van der Waals surface area contributed by atoms with Crippen LogP contribution in [0.25, 0.3) is 0 Å². The fraction of sp³-hybridized carbons (Fsp3) is 0.667. The average Bonchev–Trinajstić information content (AvgIpc) is 2.76. The molecule has 1 amide bonds. The maximum absolute atomic E-state index is 12.5. The van der Waals surface area contributed by atoms with E-state index in [0.717, 1.165) is 16.3 Å². The molecule has 5 nitrogen and oxygen atoms in total. The molecular weight excluding hydrogens is 348 g/mol. The Morgan fingerprint density at radius 2 is 2.24 bits per heavy atom. The zero-order valence-electron chi connectivity index (χ0n) is 11.9. The molecule has 118 valence electrons. The van der Waals surface area contributed by atoms with Crippen molar-refractivity contribution in [1.82, 2.24) is 9.88 Å². The fourth-order valence-electron chi connectivity index (χ4n) is 2.20. The van der Waals surface area contributed by atoms with Crippen LogP contribution >= 0.6 is 35.3 Å². The first-order chi connectivity index (χ1) is 9.85. The Hall–Kier alpha value is -0.380. The van der Waals surface area contributed by atoms with Crippen molar-refractivity contribution in [2.45, 2.75) is 25.6 Å². The summed E-state index contributed by atoms with van der Waals surface area (Å²) in [6.45, 7) is 3.99. The van der Waals surface area contributed by atoms with Gasteiger partial charge in [0.2, 0.25) is 5.91 Å². The van der Waals surface area contributed by atoms with Crippen molar-refractivity contribution in [1.29, 1.82) is 0 Å². The number of aromatic amines is 1. The minimum absolute atomic E-state index is 0.0596. The van der Waals surface area contributed by atoms with Crippen molar-refractivity contribution in [2.24, 2.45) is 0 Å². The molecule has 2 heterocycles. The molecule has 1 atom stereocenters. The van der Waals surface area contributed by atoms with E-state index in [1.54, 1.807) is 18.7 Å². The van der Waals surface area contributed by atoms with E-state index in [1.165, 1.54) is 16.2 Å². The number of amides is 1. The van der Waals surface area contributed by atoms with Crippen LogP contribution in [-0.2, 0) is 21.1 Å². The first-order valence-corrected chi connectivity index (χ1v) is 10.7. The Bertz CT molecular complexity index is 677. The highest BCUT2D eigenvalue weighted by atomic mass is 32.2. The molecule has 1 N–H and O–H groups in total. The number of carbonyl (C=O) groups excluding carboxylic acids is 1. The van der Waals surface area contributed by atoms with Gasteiger partial charge in [-0.2, -0.15) is 11.8 Å². The second kappa shape index (κ2) is 6.80. The van der Waals surface area contributed by atoms with E-state index in [4.69, 9.17) is 12.2 Å². The van der Waals surface area contributed by atoms with Crippen molar-refractivity contribution in [3.8, 4) is 0 Å². The number of H-pyrrole nitrogens is 1. The molecule has 0 bridgehead atoms. The highest BCUT2D eigenvalue weighted by Crippen LogP contribution is 2.24. The molecule has 0 saturated carbocycles. The molecule has 1 unspecified atom stereocenters. The predicted molar refractivity (Wildman–Crippen MR) is 90.2 cm³/mol. The molecule has 1 aromatic rings. The third kappa shape index (κ3) is 3.88. The van der Waals surface area contributed by atoms with E-state index in [-0.39, 0.29) is 18.1 Å². The standard InChI is InChI=1S/C12H18N2O3S4/c1-3-21(16,17)11-7-19-5-4-14(11)10(15)6-9-8(2)13-12(18)20-9/h11H,3-7H2,1-2H3,(H,13,18). The number of thioether (sulfide) groups is 1. The number of sulfone groups is 1. The number of aryl methyl sites for hydroxylation is 1. The van der Waals surface area contributed by atoms with E-state index >= 15 is 0 Å². The van der Waals surface area contributed by atoms with Gasteiger partial charge in [-0.1, -0.05) is 6.92 Å². The van der Waals surface area contributed by atoms with Crippen LogP contribution in [0, 0.1) is 10.9 Å². The van der Waals surface area contributed by atoms with Gasteiger partial charge in [0.1, 0.15) is 5.37 Å². The van der Waals surface area contributed by atoms with Crippen LogP contribution in [0.15, 0.2) is 0 Å². The summed E-state index contributed by atoms with van der Waals surface area (Å²) < 4.78 is 25.0. The molecule has 0 aliphatic carbocycles. The lowest BCUT2D eigenvalue weighted by Gasteiger charge is -2.34. The van der Waals surface area contributed by atoms with Crippen molar-refractivity contribution in [3.05, 3.63) is 14.5 Å². The second-order valence-corrected chi connectivity index (χ2v) is 10.2. The van der Waals surface area contributed by atoms with Crippen LogP contribution in [0.3, 0.4) is 0 Å². The van der Waals surface area contributed by atoms with E-state index in [9.17, 15) is 13.2 Å². The predicted octanol–water partition coefficient (Wildman–Crippen LogP) is 1.99. The minimum atomic E-state index is -3.25. The maximum Gasteiger partial charge on any atom is 0.229 e. The quantitative estimate of drug-likeness (QED) is 0.825. The van der Waals surface area contributed by atoms with E-state index in [2.05, 4.69) is 4.98 Å². The number of rotatable bonds is 4. The summed E-state index contributed by atoms with van der Waals surface area (Å²) in [6, 6.07) is 0. The number of nitrogens with zero attached hydrogens (tertiary/aromatic N) is 1. The van der Waals surface area contributed by atoms with Crippen LogP contribution in [0.5, 0.6) is 0 Å². The molecule has 2 rings (SSSR count). The number of thiazole rings is 1. The van der Waals surface area contributed by atoms with Crippen molar-refractivity contribution in [2.75, 3.05) is 23.8 Å². The lowest BCUT2D eigenvalue weighted by Crippen LogP contribution is -2.51. The van der Waals surface area contributed by atoms with Gasteiger partial charge in [0.05, 0.1) is 6.42 Å². The van der Waals surface area contributed by atoms with E-state index in [1.807, 2.05) is 6.92 Å². The fourth-order valence-corrected chi connectivity index (χ4v) is 6.47. The van der Waals surface area contributed by atoms with Crippen LogP contribution in [-0.4, -0.2) is 53.4 Å². The van der Waals surface area contributed by atoms with Gasteiger partial charge in [-0.05, 0) is 19.1 Å². The number of nitrogens with one attached hydrogen (secondary N) is 1. The first-order valence-electron chi connectivity index (χ1n) is 6.62.